The van der Waals surface area contributed by atoms with Crippen molar-refractivity contribution in [1.82, 2.24) is 0 Å². The molecular formula is C20H18ClNO3S. The number of nitrogens with zero attached hydrogens (tertiary/aromatic N) is 1. The summed E-state index contributed by atoms with van der Waals surface area (Å²) < 4.78 is 0. The zero-order chi connectivity index (χ0) is 18.8. The summed E-state index contributed by atoms with van der Waals surface area (Å²) in [5, 5.41) is 9.71. The Balaban J connectivity index is 2.09. The van der Waals surface area contributed by atoms with Crippen molar-refractivity contribution in [3.05, 3.63) is 69.1 Å². The topological polar surface area (TPSA) is 57.6 Å². The molecule has 3 rings (SSSR count). The summed E-state index contributed by atoms with van der Waals surface area (Å²) in [6.45, 7) is 3.78. The predicted molar refractivity (Wildman–Crippen MR) is 106 cm³/mol. The number of carbonyl (C=O) groups is 2. The molecule has 0 fully saturated rings. The molecule has 0 saturated carbocycles. The van der Waals surface area contributed by atoms with Gasteiger partial charge in [-0.3, -0.25) is 9.59 Å². The lowest BCUT2D eigenvalue weighted by molar-refractivity contribution is -0.119. The molecule has 0 aliphatic carbocycles. The molecule has 4 nitrogen and oxygen atoms in total. The first-order valence-electron chi connectivity index (χ1n) is 8.13. The molecule has 1 heterocycles. The lowest BCUT2D eigenvalue weighted by Gasteiger charge is -2.16. The number of aliphatic hydroxyl groups excluding tert-OH is 1. The number of rotatable bonds is 5. The number of hydrogen-bond donors (Lipinski definition) is 1. The molecule has 2 aromatic carbocycles. The summed E-state index contributed by atoms with van der Waals surface area (Å²) in [7, 11) is 0. The Kier molecular flexibility index (Phi) is 5.51. The number of aliphatic hydroxyl groups is 1. The first-order valence-corrected chi connectivity index (χ1v) is 9.49. The van der Waals surface area contributed by atoms with Crippen molar-refractivity contribution in [2.45, 2.75) is 13.8 Å². The molecule has 1 aliphatic heterocycles. The van der Waals surface area contributed by atoms with Crippen LogP contribution in [0.4, 0.5) is 5.69 Å². The highest BCUT2D eigenvalue weighted by Crippen LogP contribution is 2.38. The molecule has 0 bridgehead atoms. The fourth-order valence-electron chi connectivity index (χ4n) is 2.98. The van der Waals surface area contributed by atoms with Gasteiger partial charge in [-0.05, 0) is 54.8 Å². The van der Waals surface area contributed by atoms with Gasteiger partial charge in [-0.15, -0.1) is 11.8 Å². The minimum Gasteiger partial charge on any atom is -0.396 e. The van der Waals surface area contributed by atoms with Crippen LogP contribution in [-0.2, 0) is 9.59 Å². The maximum atomic E-state index is 13.1. The number of carbonyl (C=O) groups excluding carboxylic acids is 2. The van der Waals surface area contributed by atoms with Gasteiger partial charge in [0.1, 0.15) is 0 Å². The van der Waals surface area contributed by atoms with Crippen LogP contribution in [0.1, 0.15) is 16.7 Å². The van der Waals surface area contributed by atoms with Gasteiger partial charge in [0.25, 0.3) is 11.8 Å². The van der Waals surface area contributed by atoms with Gasteiger partial charge in [0, 0.05) is 10.8 Å². The first-order chi connectivity index (χ1) is 12.4. The van der Waals surface area contributed by atoms with E-state index in [0.29, 0.717) is 32.5 Å². The van der Waals surface area contributed by atoms with Gasteiger partial charge in [-0.1, -0.05) is 29.8 Å². The van der Waals surface area contributed by atoms with E-state index in [1.165, 1.54) is 16.7 Å². The van der Waals surface area contributed by atoms with Crippen molar-refractivity contribution < 1.29 is 14.7 Å². The SMILES string of the molecule is Cc1cc(C)cc(N2C(=O)C(SCCO)=C(c3ccc(Cl)cc3)C2=O)c1. The molecule has 2 aromatic rings. The van der Waals surface area contributed by atoms with Crippen molar-refractivity contribution in [3.63, 3.8) is 0 Å². The van der Waals surface area contributed by atoms with E-state index in [1.54, 1.807) is 24.3 Å². The van der Waals surface area contributed by atoms with E-state index < -0.39 is 0 Å². The van der Waals surface area contributed by atoms with Crippen molar-refractivity contribution >= 4 is 46.4 Å². The predicted octanol–water partition coefficient (Wildman–Crippen LogP) is 3.97. The van der Waals surface area contributed by atoms with Crippen LogP contribution >= 0.6 is 23.4 Å². The second-order valence-electron chi connectivity index (χ2n) is 6.07. The number of anilines is 1. The third kappa shape index (κ3) is 3.56. The second kappa shape index (κ2) is 7.66. The minimum atomic E-state index is -0.359. The standard InChI is InChI=1S/C20H18ClNO3S/c1-12-9-13(2)11-16(10-12)22-19(24)17(14-3-5-15(21)6-4-14)18(20(22)25)26-8-7-23/h3-6,9-11,23H,7-8H2,1-2H3. The van der Waals surface area contributed by atoms with Gasteiger partial charge in [0.05, 0.1) is 22.8 Å². The Labute approximate surface area is 161 Å². The molecule has 0 saturated heterocycles. The minimum absolute atomic E-state index is 0.0763. The van der Waals surface area contributed by atoms with E-state index >= 15 is 0 Å². The van der Waals surface area contributed by atoms with E-state index in [1.807, 2.05) is 32.0 Å². The van der Waals surface area contributed by atoms with Crippen molar-refractivity contribution in [1.29, 1.82) is 0 Å². The molecule has 134 valence electrons. The zero-order valence-electron chi connectivity index (χ0n) is 14.5. The lowest BCUT2D eigenvalue weighted by atomic mass is 10.1. The van der Waals surface area contributed by atoms with Crippen LogP contribution in [0.5, 0.6) is 0 Å². The molecular weight excluding hydrogens is 370 g/mol. The van der Waals surface area contributed by atoms with Crippen LogP contribution in [0.2, 0.25) is 5.02 Å². The van der Waals surface area contributed by atoms with Crippen LogP contribution < -0.4 is 4.90 Å². The Bertz CT molecular complexity index is 886. The van der Waals surface area contributed by atoms with E-state index in [0.717, 1.165) is 11.1 Å². The molecule has 26 heavy (non-hydrogen) atoms. The number of halogens is 1. The van der Waals surface area contributed by atoms with Gasteiger partial charge >= 0.3 is 0 Å². The Morgan fingerprint density at radius 3 is 2.19 bits per heavy atom. The Hall–Kier alpha value is -2.08. The summed E-state index contributed by atoms with van der Waals surface area (Å²) in [5.41, 5.74) is 3.50. The zero-order valence-corrected chi connectivity index (χ0v) is 16.0. The molecule has 6 heteroatoms. The summed E-state index contributed by atoms with van der Waals surface area (Å²) in [5.74, 6) is -0.377. The number of hydrogen-bond acceptors (Lipinski definition) is 4. The average Bonchev–Trinajstić information content (AvgIpc) is 2.83. The van der Waals surface area contributed by atoms with Gasteiger partial charge in [0.2, 0.25) is 0 Å². The first kappa shape index (κ1) is 18.7. The molecule has 2 amide bonds. The van der Waals surface area contributed by atoms with Crippen molar-refractivity contribution in [3.8, 4) is 0 Å². The number of amides is 2. The summed E-state index contributed by atoms with van der Waals surface area (Å²) in [6, 6.07) is 12.5. The fraction of sp³-hybridized carbons (Fsp3) is 0.200. The van der Waals surface area contributed by atoms with Gasteiger partial charge < -0.3 is 5.11 Å². The number of thioether (sulfide) groups is 1. The Morgan fingerprint density at radius 1 is 1.00 bits per heavy atom. The van der Waals surface area contributed by atoms with E-state index in [9.17, 15) is 9.59 Å². The lowest BCUT2D eigenvalue weighted by Crippen LogP contribution is -2.31. The summed E-state index contributed by atoms with van der Waals surface area (Å²) in [4.78, 5) is 27.7. The van der Waals surface area contributed by atoms with Crippen LogP contribution in [-0.4, -0.2) is 29.3 Å². The van der Waals surface area contributed by atoms with Crippen molar-refractivity contribution in [2.24, 2.45) is 0 Å². The van der Waals surface area contributed by atoms with E-state index in [-0.39, 0.29) is 18.4 Å². The molecule has 1 N–H and O–H groups in total. The maximum absolute atomic E-state index is 13.1. The van der Waals surface area contributed by atoms with Gasteiger partial charge in [-0.2, -0.15) is 0 Å². The molecule has 0 unspecified atom stereocenters. The number of imide groups is 1. The van der Waals surface area contributed by atoms with E-state index in [4.69, 9.17) is 16.7 Å². The molecule has 0 aromatic heterocycles. The quantitative estimate of drug-likeness (QED) is 0.789. The van der Waals surface area contributed by atoms with Crippen LogP contribution in [0.15, 0.2) is 47.4 Å². The number of benzene rings is 2. The van der Waals surface area contributed by atoms with Gasteiger partial charge in [-0.25, -0.2) is 4.90 Å². The number of aryl methyl sites for hydroxylation is 2. The third-order valence-electron chi connectivity index (χ3n) is 3.98. The van der Waals surface area contributed by atoms with Crippen LogP contribution in [0, 0.1) is 13.8 Å². The summed E-state index contributed by atoms with van der Waals surface area (Å²) >= 11 is 7.14. The molecule has 0 atom stereocenters. The maximum Gasteiger partial charge on any atom is 0.272 e. The normalized spacial score (nSPS) is 14.5. The highest BCUT2D eigenvalue weighted by Gasteiger charge is 2.40. The highest BCUT2D eigenvalue weighted by molar-refractivity contribution is 8.04. The average molecular weight is 388 g/mol. The fourth-order valence-corrected chi connectivity index (χ4v) is 3.96. The Morgan fingerprint density at radius 2 is 1.62 bits per heavy atom. The van der Waals surface area contributed by atoms with E-state index in [2.05, 4.69) is 0 Å². The third-order valence-corrected chi connectivity index (χ3v) is 5.28. The highest BCUT2D eigenvalue weighted by atomic mass is 35.5. The van der Waals surface area contributed by atoms with Gasteiger partial charge in [0.15, 0.2) is 0 Å². The summed E-state index contributed by atoms with van der Waals surface area (Å²) in [6.07, 6.45) is 0. The van der Waals surface area contributed by atoms with Crippen molar-refractivity contribution in [2.75, 3.05) is 17.3 Å². The largest absolute Gasteiger partial charge is 0.396 e. The molecule has 1 aliphatic rings. The monoisotopic (exact) mass is 387 g/mol. The molecule has 0 spiro atoms. The van der Waals surface area contributed by atoms with Crippen LogP contribution in [0.3, 0.4) is 0 Å². The molecule has 0 radical (unpaired) electrons. The van der Waals surface area contributed by atoms with Crippen LogP contribution in [0.25, 0.3) is 5.57 Å². The second-order valence-corrected chi connectivity index (χ2v) is 7.62. The smallest absolute Gasteiger partial charge is 0.272 e.